The summed E-state index contributed by atoms with van der Waals surface area (Å²) in [7, 11) is 0. The van der Waals surface area contributed by atoms with Crippen molar-refractivity contribution in [1.82, 2.24) is 4.90 Å². The van der Waals surface area contributed by atoms with E-state index in [1.54, 1.807) is 35.2 Å². The minimum absolute atomic E-state index is 0.0821. The molecular formula is C30H31Cl2NO5. The Labute approximate surface area is 232 Å². The number of hydrogen-bond donors (Lipinski definition) is 2. The first kappa shape index (κ1) is 28.0. The van der Waals surface area contributed by atoms with E-state index in [0.717, 1.165) is 29.5 Å². The molecule has 38 heavy (non-hydrogen) atoms. The molecule has 0 heterocycles. The maximum atomic E-state index is 13.3. The number of halogens is 2. The van der Waals surface area contributed by atoms with Crippen molar-refractivity contribution in [3.8, 4) is 11.1 Å². The summed E-state index contributed by atoms with van der Waals surface area (Å²) in [6, 6.07) is 17.5. The van der Waals surface area contributed by atoms with Crippen LogP contribution in [0.25, 0.3) is 11.1 Å². The maximum Gasteiger partial charge on any atom is 0.410 e. The number of aliphatic hydroxyl groups is 1. The van der Waals surface area contributed by atoms with Gasteiger partial charge in [0.25, 0.3) is 0 Å². The van der Waals surface area contributed by atoms with Crippen LogP contribution in [0.2, 0.25) is 10.0 Å². The predicted molar refractivity (Wildman–Crippen MR) is 149 cm³/mol. The molecule has 2 N–H and O–H groups in total. The third-order valence-corrected chi connectivity index (χ3v) is 7.19. The number of carbonyl (C=O) groups excluding carboxylic acids is 1. The van der Waals surface area contributed by atoms with E-state index in [2.05, 4.69) is 6.07 Å². The number of rotatable bonds is 6. The van der Waals surface area contributed by atoms with Crippen LogP contribution in [0.15, 0.2) is 60.7 Å². The highest BCUT2D eigenvalue weighted by molar-refractivity contribution is 6.33. The fourth-order valence-electron chi connectivity index (χ4n) is 4.72. The van der Waals surface area contributed by atoms with Crippen molar-refractivity contribution in [2.75, 3.05) is 6.54 Å². The van der Waals surface area contributed by atoms with Gasteiger partial charge in [0.2, 0.25) is 0 Å². The Kier molecular flexibility index (Phi) is 8.36. The van der Waals surface area contributed by atoms with Gasteiger partial charge in [-0.2, -0.15) is 0 Å². The molecule has 0 radical (unpaired) electrons. The molecule has 1 aliphatic carbocycles. The van der Waals surface area contributed by atoms with E-state index < -0.39 is 23.8 Å². The second kappa shape index (κ2) is 11.4. The fourth-order valence-corrected chi connectivity index (χ4v) is 5.14. The highest BCUT2D eigenvalue weighted by Crippen LogP contribution is 2.34. The Morgan fingerprint density at radius 3 is 2.37 bits per heavy atom. The molecule has 0 saturated carbocycles. The zero-order valence-electron chi connectivity index (χ0n) is 21.6. The molecule has 0 aliphatic heterocycles. The van der Waals surface area contributed by atoms with Crippen molar-refractivity contribution in [1.29, 1.82) is 0 Å². The number of carbonyl (C=O) groups is 2. The Bertz CT molecular complexity index is 1330. The predicted octanol–water partition coefficient (Wildman–Crippen LogP) is 7.19. The minimum atomic E-state index is -1.03. The van der Waals surface area contributed by atoms with Crippen LogP contribution < -0.4 is 0 Å². The zero-order valence-corrected chi connectivity index (χ0v) is 23.1. The highest BCUT2D eigenvalue weighted by atomic mass is 35.5. The van der Waals surface area contributed by atoms with E-state index in [1.807, 2.05) is 32.9 Å². The number of nitrogens with zero attached hydrogens (tertiary/aromatic N) is 1. The highest BCUT2D eigenvalue weighted by Gasteiger charge is 2.33. The van der Waals surface area contributed by atoms with E-state index >= 15 is 0 Å². The van der Waals surface area contributed by atoms with Crippen LogP contribution >= 0.6 is 23.2 Å². The lowest BCUT2D eigenvalue weighted by atomic mass is 9.85. The lowest BCUT2D eigenvalue weighted by Gasteiger charge is -2.37. The lowest BCUT2D eigenvalue weighted by Crippen LogP contribution is -2.47. The van der Waals surface area contributed by atoms with Gasteiger partial charge in [-0.3, -0.25) is 0 Å². The zero-order chi connectivity index (χ0) is 27.6. The molecule has 1 amide bonds. The summed E-state index contributed by atoms with van der Waals surface area (Å²) in [6.07, 6.45) is 0.706. The van der Waals surface area contributed by atoms with Crippen LogP contribution in [-0.4, -0.2) is 45.4 Å². The number of hydrogen-bond acceptors (Lipinski definition) is 4. The number of aliphatic hydroxyl groups excluding tert-OH is 1. The normalized spacial score (nSPS) is 15.9. The number of amides is 1. The van der Waals surface area contributed by atoms with Crippen LogP contribution in [-0.2, 0) is 17.6 Å². The lowest BCUT2D eigenvalue weighted by molar-refractivity contribution is 0.00195. The first-order valence-corrected chi connectivity index (χ1v) is 13.2. The number of fused-ring (bicyclic) bond motifs is 1. The summed E-state index contributed by atoms with van der Waals surface area (Å²) in [4.78, 5) is 26.2. The Morgan fingerprint density at radius 2 is 1.74 bits per heavy atom. The molecule has 0 spiro atoms. The first-order valence-electron chi connectivity index (χ1n) is 12.5. The number of ether oxygens (including phenoxy) is 1. The topological polar surface area (TPSA) is 87.1 Å². The molecule has 0 saturated heterocycles. The van der Waals surface area contributed by atoms with E-state index in [0.29, 0.717) is 22.0 Å². The number of carboxylic acid groups (broad SMARTS) is 1. The third kappa shape index (κ3) is 6.68. The van der Waals surface area contributed by atoms with Gasteiger partial charge in [0.05, 0.1) is 18.2 Å². The molecule has 200 valence electrons. The van der Waals surface area contributed by atoms with Crippen LogP contribution in [0.1, 0.15) is 60.3 Å². The Hall–Kier alpha value is -3.06. The molecular weight excluding hydrogens is 525 g/mol. The number of aryl methyl sites for hydroxylation is 1. The van der Waals surface area contributed by atoms with Crippen LogP contribution in [0.5, 0.6) is 0 Å². The van der Waals surface area contributed by atoms with Crippen molar-refractivity contribution in [2.45, 2.75) is 57.8 Å². The maximum absolute atomic E-state index is 13.3. The van der Waals surface area contributed by atoms with Crippen LogP contribution in [0, 0.1) is 0 Å². The minimum Gasteiger partial charge on any atom is -0.478 e. The van der Waals surface area contributed by atoms with Crippen molar-refractivity contribution >= 4 is 35.3 Å². The van der Waals surface area contributed by atoms with Gasteiger partial charge in [-0.1, -0.05) is 59.6 Å². The molecule has 3 aromatic carbocycles. The van der Waals surface area contributed by atoms with Gasteiger partial charge < -0.3 is 19.8 Å². The molecule has 0 aromatic heterocycles. The summed E-state index contributed by atoms with van der Waals surface area (Å²) in [5.74, 6) is -1.03. The van der Waals surface area contributed by atoms with Gasteiger partial charge >= 0.3 is 12.1 Å². The molecule has 3 aromatic rings. The largest absolute Gasteiger partial charge is 0.478 e. The summed E-state index contributed by atoms with van der Waals surface area (Å²) in [5.41, 5.74) is 3.99. The van der Waals surface area contributed by atoms with E-state index in [-0.39, 0.29) is 18.2 Å². The average Bonchev–Trinajstić information content (AvgIpc) is 2.85. The van der Waals surface area contributed by atoms with Crippen LogP contribution in [0.3, 0.4) is 0 Å². The molecule has 2 unspecified atom stereocenters. The molecule has 2 atom stereocenters. The molecule has 8 heteroatoms. The second-order valence-electron chi connectivity index (χ2n) is 10.6. The monoisotopic (exact) mass is 555 g/mol. The Balaban J connectivity index is 1.61. The quantitative estimate of drug-likeness (QED) is 0.336. The van der Waals surface area contributed by atoms with Crippen molar-refractivity contribution in [2.24, 2.45) is 0 Å². The van der Waals surface area contributed by atoms with Gasteiger partial charge in [0, 0.05) is 21.7 Å². The van der Waals surface area contributed by atoms with E-state index in [4.69, 9.17) is 27.9 Å². The third-order valence-electron chi connectivity index (χ3n) is 6.63. The van der Waals surface area contributed by atoms with Crippen molar-refractivity contribution in [3.63, 3.8) is 0 Å². The fraction of sp³-hybridized carbons (Fsp3) is 0.333. The average molecular weight is 556 g/mol. The van der Waals surface area contributed by atoms with Crippen LogP contribution in [0.4, 0.5) is 4.79 Å². The number of aromatic carboxylic acids is 1. The van der Waals surface area contributed by atoms with E-state index in [1.165, 1.54) is 17.7 Å². The summed E-state index contributed by atoms with van der Waals surface area (Å²) < 4.78 is 5.73. The van der Waals surface area contributed by atoms with Gasteiger partial charge in [-0.05, 0) is 86.6 Å². The smallest absolute Gasteiger partial charge is 0.410 e. The van der Waals surface area contributed by atoms with Crippen molar-refractivity contribution in [3.05, 3.63) is 93.0 Å². The number of carboxylic acids is 1. The summed E-state index contributed by atoms with van der Waals surface area (Å²) >= 11 is 12.4. The SMILES string of the molecule is CC(C)(C)OC(=O)N(CC(O)c1ccc(Cl)cc1)C1CCc2ccc(-c3ccc(C(=O)O)cc3Cl)cc2C1. The van der Waals surface area contributed by atoms with E-state index in [9.17, 15) is 19.8 Å². The standard InChI is InChI=1S/C30H31Cl2NO5/c1-30(2,3)38-29(37)33(17-27(34)19-6-10-23(31)11-7-19)24-12-8-18-4-5-20(14-22(18)15-24)25-13-9-21(28(35)36)16-26(25)32/h4-7,9-11,13-14,16,24,27,34H,8,12,15,17H2,1-3H3,(H,35,36). The molecule has 1 aliphatic rings. The van der Waals surface area contributed by atoms with Gasteiger partial charge in [-0.25, -0.2) is 9.59 Å². The van der Waals surface area contributed by atoms with Gasteiger partial charge in [0.1, 0.15) is 5.60 Å². The second-order valence-corrected chi connectivity index (χ2v) is 11.4. The molecule has 0 bridgehead atoms. The van der Waals surface area contributed by atoms with Crippen molar-refractivity contribution < 1.29 is 24.5 Å². The number of benzene rings is 3. The van der Waals surface area contributed by atoms with Gasteiger partial charge in [-0.15, -0.1) is 0 Å². The van der Waals surface area contributed by atoms with Gasteiger partial charge in [0.15, 0.2) is 0 Å². The summed E-state index contributed by atoms with van der Waals surface area (Å²) in [6.45, 7) is 5.54. The Morgan fingerprint density at radius 1 is 1.03 bits per heavy atom. The molecule has 0 fully saturated rings. The molecule has 4 rings (SSSR count). The molecule has 6 nitrogen and oxygen atoms in total. The first-order chi connectivity index (χ1) is 17.9. The summed E-state index contributed by atoms with van der Waals surface area (Å²) in [5, 5.41) is 21.2.